The lowest BCUT2D eigenvalue weighted by molar-refractivity contribution is -0.126. The van der Waals surface area contributed by atoms with E-state index in [9.17, 15) is 4.79 Å². The van der Waals surface area contributed by atoms with E-state index < -0.39 is 0 Å². The number of amides is 1. The first kappa shape index (κ1) is 18.1. The van der Waals surface area contributed by atoms with E-state index in [0.29, 0.717) is 5.92 Å². The Balaban J connectivity index is 1.08. The third-order valence-electron chi connectivity index (χ3n) is 5.41. The van der Waals surface area contributed by atoms with Crippen molar-refractivity contribution >= 4 is 22.9 Å². The summed E-state index contributed by atoms with van der Waals surface area (Å²) in [6.45, 7) is 1.87. The molecule has 1 aliphatic carbocycles. The van der Waals surface area contributed by atoms with Crippen LogP contribution in [0.15, 0.2) is 36.5 Å². The van der Waals surface area contributed by atoms with Crippen LogP contribution in [0, 0.1) is 0 Å². The minimum atomic E-state index is -0.111. The van der Waals surface area contributed by atoms with E-state index in [1.165, 1.54) is 12.8 Å². The fourth-order valence-corrected chi connectivity index (χ4v) is 3.76. The molecule has 2 aromatic heterocycles. The molecule has 5 rings (SSSR count). The van der Waals surface area contributed by atoms with E-state index in [4.69, 9.17) is 9.72 Å². The molecule has 1 atom stereocenters. The number of para-hydroxylation sites is 2. The highest BCUT2D eigenvalue weighted by Crippen LogP contribution is 2.39. The summed E-state index contributed by atoms with van der Waals surface area (Å²) >= 11 is 0. The smallest absolute Gasteiger partial charge is 0.246 e. The minimum absolute atomic E-state index is 0.0151. The first-order valence-corrected chi connectivity index (χ1v) is 10.1. The molecule has 3 heterocycles. The van der Waals surface area contributed by atoms with Crippen molar-refractivity contribution in [2.45, 2.75) is 37.8 Å². The number of carbonyl (C=O) groups excluding carboxylic acids is 1. The summed E-state index contributed by atoms with van der Waals surface area (Å²) in [5, 5.41) is 3.05. The van der Waals surface area contributed by atoms with Gasteiger partial charge in [0, 0.05) is 36.9 Å². The number of nitrogens with one attached hydrogen (secondary N) is 2. The zero-order chi connectivity index (χ0) is 19.6. The summed E-state index contributed by atoms with van der Waals surface area (Å²) in [5.74, 6) is 1.99. The van der Waals surface area contributed by atoms with Crippen LogP contribution in [0.2, 0.25) is 0 Å². The summed E-state index contributed by atoms with van der Waals surface area (Å²) < 4.78 is 5.54. The lowest BCUT2D eigenvalue weighted by atomic mass is 10.2. The fraction of sp³-hybridized carbons (Fsp3) is 0.429. The van der Waals surface area contributed by atoms with Crippen LogP contribution in [0.4, 0.5) is 5.95 Å². The molecule has 0 spiro atoms. The van der Waals surface area contributed by atoms with Gasteiger partial charge in [0.1, 0.15) is 19.0 Å². The molecule has 1 aliphatic heterocycles. The Labute approximate surface area is 168 Å². The molecule has 29 heavy (non-hydrogen) atoms. The Hall–Kier alpha value is -3.00. The van der Waals surface area contributed by atoms with Gasteiger partial charge in [-0.15, -0.1) is 0 Å². The summed E-state index contributed by atoms with van der Waals surface area (Å²) in [6.07, 6.45) is 5.17. The highest BCUT2D eigenvalue weighted by atomic mass is 16.5. The van der Waals surface area contributed by atoms with Gasteiger partial charge in [0.25, 0.3) is 0 Å². The summed E-state index contributed by atoms with van der Waals surface area (Å²) in [4.78, 5) is 31.1. The molecule has 2 N–H and O–H groups in total. The van der Waals surface area contributed by atoms with Crippen LogP contribution < -0.4 is 10.2 Å². The molecule has 3 aromatic rings. The number of nitrogens with zero attached hydrogens (tertiary/aromatic N) is 4. The molecular weight excluding hydrogens is 368 g/mol. The van der Waals surface area contributed by atoms with Gasteiger partial charge in [-0.05, 0) is 37.5 Å². The number of aromatic amines is 1. The van der Waals surface area contributed by atoms with Gasteiger partial charge in [-0.3, -0.25) is 4.79 Å². The molecular formula is C21H24N6O2. The van der Waals surface area contributed by atoms with E-state index in [-0.39, 0.29) is 25.2 Å². The van der Waals surface area contributed by atoms with Crippen molar-refractivity contribution in [2.75, 3.05) is 24.6 Å². The van der Waals surface area contributed by atoms with Gasteiger partial charge >= 0.3 is 0 Å². The molecule has 1 unspecified atom stereocenters. The molecule has 8 nitrogen and oxygen atoms in total. The molecule has 0 radical (unpaired) electrons. The van der Waals surface area contributed by atoms with Gasteiger partial charge in [-0.2, -0.15) is 0 Å². The standard InChI is InChI=1S/C21H24N6O2/c28-20(13-29-12-19-24-17-3-1-2-4-18(17)25-19)23-15-8-10-27(11-15)21-22-9-7-16(26-21)14-5-6-14/h1-4,7,9,14-15H,5-6,8,10-13H2,(H,23,28)(H,24,25). The number of hydrogen-bond donors (Lipinski definition) is 2. The normalized spacial score (nSPS) is 19.0. The van der Waals surface area contributed by atoms with Crippen LogP contribution in [0.1, 0.15) is 36.7 Å². The second kappa shape index (κ2) is 7.79. The number of imidazole rings is 1. The SMILES string of the molecule is O=C(COCc1nc2ccccc2[nH]1)NC1CCN(c2nccc(C3CC3)n2)C1. The Morgan fingerprint density at radius 2 is 2.10 bits per heavy atom. The summed E-state index contributed by atoms with van der Waals surface area (Å²) in [7, 11) is 0. The van der Waals surface area contributed by atoms with E-state index in [2.05, 4.69) is 25.2 Å². The number of rotatable bonds is 7. The van der Waals surface area contributed by atoms with Crippen LogP contribution >= 0.6 is 0 Å². The van der Waals surface area contributed by atoms with Crippen molar-refractivity contribution in [3.63, 3.8) is 0 Å². The third-order valence-corrected chi connectivity index (χ3v) is 5.41. The van der Waals surface area contributed by atoms with Gasteiger partial charge in [0.2, 0.25) is 11.9 Å². The highest BCUT2D eigenvalue weighted by Gasteiger charge is 2.28. The van der Waals surface area contributed by atoms with Crippen molar-refractivity contribution in [1.82, 2.24) is 25.3 Å². The predicted molar refractivity (Wildman–Crippen MR) is 109 cm³/mol. The monoisotopic (exact) mass is 392 g/mol. The van der Waals surface area contributed by atoms with Crippen molar-refractivity contribution in [3.8, 4) is 0 Å². The molecule has 1 aromatic carbocycles. The number of H-pyrrole nitrogens is 1. The quantitative estimate of drug-likeness (QED) is 0.640. The van der Waals surface area contributed by atoms with Crippen molar-refractivity contribution in [2.24, 2.45) is 0 Å². The molecule has 2 fully saturated rings. The Bertz CT molecular complexity index is 982. The lowest BCUT2D eigenvalue weighted by Gasteiger charge is -2.17. The van der Waals surface area contributed by atoms with E-state index in [1.807, 2.05) is 36.5 Å². The number of benzene rings is 1. The van der Waals surface area contributed by atoms with E-state index >= 15 is 0 Å². The van der Waals surface area contributed by atoms with Crippen molar-refractivity contribution in [3.05, 3.63) is 48.0 Å². The van der Waals surface area contributed by atoms with Gasteiger partial charge in [0.15, 0.2) is 0 Å². The summed E-state index contributed by atoms with van der Waals surface area (Å²) in [5.41, 5.74) is 3.01. The van der Waals surface area contributed by atoms with E-state index in [0.717, 1.165) is 48.0 Å². The second-order valence-electron chi connectivity index (χ2n) is 7.75. The fourth-order valence-electron chi connectivity index (χ4n) is 3.76. The molecule has 1 saturated carbocycles. The number of hydrogen-bond acceptors (Lipinski definition) is 6. The third kappa shape index (κ3) is 4.22. The predicted octanol–water partition coefficient (Wildman–Crippen LogP) is 2.14. The maximum absolute atomic E-state index is 12.2. The number of aromatic nitrogens is 4. The minimum Gasteiger partial charge on any atom is -0.364 e. The average molecular weight is 392 g/mol. The number of ether oxygens (including phenoxy) is 1. The van der Waals surface area contributed by atoms with Crippen LogP contribution in [-0.4, -0.2) is 51.6 Å². The highest BCUT2D eigenvalue weighted by molar-refractivity contribution is 5.77. The second-order valence-corrected chi connectivity index (χ2v) is 7.75. The van der Waals surface area contributed by atoms with Gasteiger partial charge in [-0.25, -0.2) is 15.0 Å². The van der Waals surface area contributed by atoms with Gasteiger partial charge in [-0.1, -0.05) is 12.1 Å². The van der Waals surface area contributed by atoms with E-state index in [1.54, 1.807) is 0 Å². The topological polar surface area (TPSA) is 96.0 Å². The maximum Gasteiger partial charge on any atom is 0.246 e. The molecule has 150 valence electrons. The van der Waals surface area contributed by atoms with Crippen LogP contribution in [-0.2, 0) is 16.1 Å². The molecule has 1 saturated heterocycles. The van der Waals surface area contributed by atoms with Crippen LogP contribution in [0.3, 0.4) is 0 Å². The van der Waals surface area contributed by atoms with Gasteiger partial charge in [0.05, 0.1) is 11.0 Å². The Morgan fingerprint density at radius 1 is 1.21 bits per heavy atom. The first-order valence-electron chi connectivity index (χ1n) is 10.1. The average Bonchev–Trinajstić information content (AvgIpc) is 3.35. The Morgan fingerprint density at radius 3 is 2.97 bits per heavy atom. The van der Waals surface area contributed by atoms with Crippen LogP contribution in [0.25, 0.3) is 11.0 Å². The number of anilines is 1. The van der Waals surface area contributed by atoms with Crippen molar-refractivity contribution < 1.29 is 9.53 Å². The maximum atomic E-state index is 12.2. The van der Waals surface area contributed by atoms with Crippen LogP contribution in [0.5, 0.6) is 0 Å². The Kier molecular flexibility index (Phi) is 4.85. The van der Waals surface area contributed by atoms with Crippen molar-refractivity contribution in [1.29, 1.82) is 0 Å². The zero-order valence-electron chi connectivity index (χ0n) is 16.2. The summed E-state index contributed by atoms with van der Waals surface area (Å²) in [6, 6.07) is 9.91. The molecule has 2 aliphatic rings. The molecule has 0 bridgehead atoms. The molecule has 1 amide bonds. The van der Waals surface area contributed by atoms with Gasteiger partial charge < -0.3 is 19.9 Å². The zero-order valence-corrected chi connectivity index (χ0v) is 16.2. The lowest BCUT2D eigenvalue weighted by Crippen LogP contribution is -2.39. The molecule has 8 heteroatoms. The number of carbonyl (C=O) groups is 1. The largest absolute Gasteiger partial charge is 0.364 e. The first-order chi connectivity index (χ1) is 14.2. The number of fused-ring (bicyclic) bond motifs is 1.